The van der Waals surface area contributed by atoms with E-state index in [-0.39, 0.29) is 24.1 Å². The lowest BCUT2D eigenvalue weighted by atomic mass is 10.0. The number of rotatable bonds is 14. The Morgan fingerprint density at radius 2 is 1.59 bits per heavy atom. The van der Waals surface area contributed by atoms with Crippen LogP contribution in [0.3, 0.4) is 0 Å². The van der Waals surface area contributed by atoms with Gasteiger partial charge in [-0.2, -0.15) is 0 Å². The zero-order valence-electron chi connectivity index (χ0n) is 28.5. The highest BCUT2D eigenvalue weighted by Crippen LogP contribution is 2.52. The van der Waals surface area contributed by atoms with E-state index in [1.807, 2.05) is 18.8 Å². The Hall–Kier alpha value is -0.790. The molecule has 8 heteroatoms. The Morgan fingerprint density at radius 1 is 1.00 bits per heavy atom. The number of morpholine rings is 1. The molecule has 0 radical (unpaired) electrons. The van der Waals surface area contributed by atoms with E-state index in [4.69, 9.17) is 9.47 Å². The molecule has 0 N–H and O–H groups in total. The molecule has 2 aliphatic rings. The number of hydrogen-bond donors (Lipinski definition) is 0. The van der Waals surface area contributed by atoms with Gasteiger partial charge in [-0.1, -0.05) is 28.9 Å². The Bertz CT molecular complexity index is 941. The van der Waals surface area contributed by atoms with Crippen molar-refractivity contribution in [2.45, 2.75) is 98.8 Å². The van der Waals surface area contributed by atoms with Gasteiger partial charge in [-0.25, -0.2) is 9.34 Å². The summed E-state index contributed by atoms with van der Waals surface area (Å²) >= 11 is 0. The minimum Gasteiger partial charge on any atom is -0.370 e. The minimum atomic E-state index is -2.79. The summed E-state index contributed by atoms with van der Waals surface area (Å²) in [5.74, 6) is 0. The highest BCUT2D eigenvalue weighted by molar-refractivity contribution is 7.58. The third-order valence-electron chi connectivity index (χ3n) is 8.70. The van der Waals surface area contributed by atoms with E-state index in [2.05, 4.69) is 90.2 Å². The largest absolute Gasteiger partial charge is 0.370 e. The van der Waals surface area contributed by atoms with E-state index in [9.17, 15) is 4.57 Å². The topological polar surface area (TPSA) is 45.3 Å². The van der Waals surface area contributed by atoms with Gasteiger partial charge in [0, 0.05) is 18.6 Å². The molecule has 0 aromatic carbocycles. The van der Waals surface area contributed by atoms with E-state index < -0.39 is 7.44 Å². The molecule has 3 unspecified atom stereocenters. The monoisotopic (exact) mass is 595 g/mol. The smallest absolute Gasteiger partial charge is 0.241 e. The molecule has 41 heavy (non-hydrogen) atoms. The van der Waals surface area contributed by atoms with Gasteiger partial charge in [0.1, 0.15) is 6.35 Å². The zero-order chi connectivity index (χ0) is 30.8. The number of allylic oxidation sites excluding steroid dienone is 5. The maximum atomic E-state index is 14.2. The van der Waals surface area contributed by atoms with Crippen LogP contribution in [0.25, 0.3) is 0 Å². The molecule has 0 amide bonds. The average molecular weight is 596 g/mol. The van der Waals surface area contributed by atoms with Crippen LogP contribution >= 0.6 is 7.44 Å². The van der Waals surface area contributed by atoms with Crippen LogP contribution in [-0.4, -0.2) is 116 Å². The van der Waals surface area contributed by atoms with Crippen molar-refractivity contribution in [3.8, 4) is 0 Å². The van der Waals surface area contributed by atoms with Crippen molar-refractivity contribution in [2.24, 2.45) is 0 Å². The maximum absolute atomic E-state index is 14.2. The van der Waals surface area contributed by atoms with Gasteiger partial charge in [-0.05, 0) is 101 Å². The predicted molar refractivity (Wildman–Crippen MR) is 176 cm³/mol. The van der Waals surface area contributed by atoms with Crippen molar-refractivity contribution in [1.82, 2.24) is 14.2 Å². The number of likely N-dealkylation sites (N-methyl/N-ethyl adjacent to an activating group) is 1. The fraction of sp³-hybridized carbons (Fsp3) is 0.818. The molecule has 238 valence electrons. The van der Waals surface area contributed by atoms with Crippen molar-refractivity contribution in [3.05, 3.63) is 34.9 Å². The van der Waals surface area contributed by atoms with E-state index in [1.54, 1.807) is 0 Å². The fourth-order valence-corrected chi connectivity index (χ4v) is 7.63. The Balaban J connectivity index is 1.83. The molecule has 0 spiro atoms. The van der Waals surface area contributed by atoms with Crippen molar-refractivity contribution in [3.63, 3.8) is 0 Å². The van der Waals surface area contributed by atoms with Gasteiger partial charge < -0.3 is 14.0 Å². The Morgan fingerprint density at radius 3 is 2.15 bits per heavy atom. The van der Waals surface area contributed by atoms with Gasteiger partial charge in [0.2, 0.25) is 7.44 Å². The van der Waals surface area contributed by atoms with Crippen LogP contribution in [0.4, 0.5) is 0 Å². The van der Waals surface area contributed by atoms with Gasteiger partial charge in [-0.3, -0.25) is 9.46 Å². The van der Waals surface area contributed by atoms with Crippen LogP contribution in [0.2, 0.25) is 0 Å². The number of quaternary nitrogens is 1. The highest BCUT2D eigenvalue weighted by Gasteiger charge is 2.40. The predicted octanol–water partition coefficient (Wildman–Crippen LogP) is 6.78. The number of ether oxygens (including phenoxy) is 2. The van der Waals surface area contributed by atoms with E-state index in [1.165, 1.54) is 16.7 Å². The molecule has 0 saturated carbocycles. The summed E-state index contributed by atoms with van der Waals surface area (Å²) < 4.78 is 31.6. The van der Waals surface area contributed by atoms with Crippen molar-refractivity contribution in [2.75, 3.05) is 79.9 Å². The first kappa shape index (κ1) is 36.4. The SMILES string of the molecule is CC(C)=CCC/C(C)=C/CC/C(C)=C/C[N+]1(C)CCN(P(=O)(COCC2CN(C(C)(C)C)CC(C)O2)N(C)C)CC1. The summed E-state index contributed by atoms with van der Waals surface area (Å²) in [6.45, 7) is 24.7. The summed E-state index contributed by atoms with van der Waals surface area (Å²) in [5, 5.41) is 0. The summed E-state index contributed by atoms with van der Waals surface area (Å²) in [6.07, 6.45) is 12.1. The summed E-state index contributed by atoms with van der Waals surface area (Å²) in [5.41, 5.74) is 4.46. The van der Waals surface area contributed by atoms with Crippen LogP contribution in [0.15, 0.2) is 34.9 Å². The first-order valence-electron chi connectivity index (χ1n) is 15.8. The van der Waals surface area contributed by atoms with E-state index in [0.717, 1.165) is 76.0 Å². The molecule has 0 aromatic rings. The fourth-order valence-electron chi connectivity index (χ4n) is 5.59. The molecular weight excluding hydrogens is 531 g/mol. The van der Waals surface area contributed by atoms with Gasteiger partial charge in [0.15, 0.2) is 0 Å². The maximum Gasteiger partial charge on any atom is 0.241 e. The van der Waals surface area contributed by atoms with Crippen molar-refractivity contribution in [1.29, 1.82) is 0 Å². The minimum absolute atomic E-state index is 0.00631. The second-order valence-electron chi connectivity index (χ2n) is 14.3. The van der Waals surface area contributed by atoms with Crippen LogP contribution in [0.1, 0.15) is 81.1 Å². The van der Waals surface area contributed by atoms with Gasteiger partial charge >= 0.3 is 0 Å². The number of piperazine rings is 1. The average Bonchev–Trinajstić information content (AvgIpc) is 2.86. The normalized spacial score (nSPS) is 24.9. The van der Waals surface area contributed by atoms with Crippen LogP contribution in [0, 0.1) is 0 Å². The van der Waals surface area contributed by atoms with Gasteiger partial charge in [0.05, 0.1) is 58.6 Å². The lowest BCUT2D eigenvalue weighted by Gasteiger charge is -2.45. The zero-order valence-corrected chi connectivity index (χ0v) is 29.4. The third kappa shape index (κ3) is 12.4. The Kier molecular flexibility index (Phi) is 14.5. The first-order valence-corrected chi connectivity index (χ1v) is 17.6. The number of nitrogens with zero attached hydrogens (tertiary/aromatic N) is 4. The molecular formula is C33H64N4O3P+. The highest BCUT2D eigenvalue weighted by atomic mass is 31.2. The molecule has 2 rings (SSSR count). The molecule has 0 aliphatic carbocycles. The molecule has 2 heterocycles. The van der Waals surface area contributed by atoms with Crippen LogP contribution in [-0.2, 0) is 14.0 Å². The standard InChI is InChI=1S/C33H64N4O3P/c1-28(2)14-12-15-29(3)16-13-17-30(4)18-21-37(11)22-19-36(20-23-37)41(38,34(9)10)27-39-26-32-25-35(33(6,7)8)24-31(5)40-32/h14,16,18,31-32H,12-13,15,17,19-27H2,1-11H3/q+1/b29-16+,30-18+. The summed E-state index contributed by atoms with van der Waals surface area (Å²) in [6, 6.07) is 0. The summed E-state index contributed by atoms with van der Waals surface area (Å²) in [4.78, 5) is 2.46. The molecule has 2 fully saturated rings. The van der Waals surface area contributed by atoms with Gasteiger partial charge in [0.25, 0.3) is 0 Å². The van der Waals surface area contributed by atoms with E-state index >= 15 is 0 Å². The molecule has 0 aromatic heterocycles. The van der Waals surface area contributed by atoms with Crippen LogP contribution < -0.4 is 0 Å². The molecule has 7 nitrogen and oxygen atoms in total. The van der Waals surface area contributed by atoms with E-state index in [0.29, 0.717) is 6.61 Å². The molecule has 2 aliphatic heterocycles. The Labute approximate surface area is 253 Å². The van der Waals surface area contributed by atoms with Crippen molar-refractivity contribution < 1.29 is 18.5 Å². The quantitative estimate of drug-likeness (QED) is 0.125. The lowest BCUT2D eigenvalue weighted by Crippen LogP contribution is -2.57. The molecule has 2 saturated heterocycles. The second-order valence-corrected chi connectivity index (χ2v) is 17.3. The van der Waals surface area contributed by atoms with Gasteiger partial charge in [-0.15, -0.1) is 0 Å². The summed E-state index contributed by atoms with van der Waals surface area (Å²) in [7, 11) is 3.41. The molecule has 0 bridgehead atoms. The van der Waals surface area contributed by atoms with Crippen molar-refractivity contribution >= 4 is 7.44 Å². The second kappa shape index (κ2) is 16.3. The first-order chi connectivity index (χ1) is 19.0. The third-order valence-corrected chi connectivity index (χ3v) is 11.8. The van der Waals surface area contributed by atoms with Crippen LogP contribution in [0.5, 0.6) is 0 Å². The molecule has 3 atom stereocenters. The number of hydrogen-bond acceptors (Lipinski definition) is 4. The lowest BCUT2D eigenvalue weighted by molar-refractivity contribution is -0.907.